The summed E-state index contributed by atoms with van der Waals surface area (Å²) in [6, 6.07) is 18.9. The highest BCUT2D eigenvalue weighted by molar-refractivity contribution is 7.92. The molecule has 0 aromatic heterocycles. The molecule has 34 heavy (non-hydrogen) atoms. The van der Waals surface area contributed by atoms with E-state index in [0.29, 0.717) is 22.0 Å². The van der Waals surface area contributed by atoms with E-state index in [4.69, 9.17) is 16.3 Å². The third-order valence-corrected chi connectivity index (χ3v) is 7.40. The van der Waals surface area contributed by atoms with Crippen molar-refractivity contribution in [2.45, 2.75) is 45.2 Å². The molecule has 0 saturated heterocycles. The number of nitrogens with zero attached hydrogens (tertiary/aromatic N) is 1. The number of halogens is 1. The maximum Gasteiger partial charge on any atom is 0.264 e. The monoisotopic (exact) mass is 500 g/mol. The minimum Gasteiger partial charge on any atom is -0.491 e. The van der Waals surface area contributed by atoms with Crippen LogP contribution >= 0.6 is 11.6 Å². The minimum atomic E-state index is -4.02. The Morgan fingerprint density at radius 1 is 1.00 bits per heavy atom. The third-order valence-electron chi connectivity index (χ3n) is 5.22. The van der Waals surface area contributed by atoms with E-state index in [9.17, 15) is 13.2 Å². The van der Waals surface area contributed by atoms with Crippen molar-refractivity contribution in [1.82, 2.24) is 5.32 Å². The number of para-hydroxylation sites is 1. The first-order valence-electron chi connectivity index (χ1n) is 11.0. The number of aryl methyl sites for hydroxylation is 1. The standard InChI is InChI=1S/C26H29ClN2O4S/c1-18(2)33-25-11-6-5-8-21(25)16-28-26(30)17-29(24-10-7-9-23(27)20(24)4)34(31,32)22-14-12-19(3)13-15-22/h5-15,18H,16-17H2,1-4H3,(H,28,30). The summed E-state index contributed by atoms with van der Waals surface area (Å²) in [7, 11) is -4.02. The lowest BCUT2D eigenvalue weighted by atomic mass is 10.2. The van der Waals surface area contributed by atoms with E-state index in [-0.39, 0.29) is 17.5 Å². The van der Waals surface area contributed by atoms with Crippen LogP contribution in [0.3, 0.4) is 0 Å². The molecule has 0 spiro atoms. The summed E-state index contributed by atoms with van der Waals surface area (Å²) < 4.78 is 34.1. The molecule has 0 aliphatic rings. The second-order valence-electron chi connectivity index (χ2n) is 8.26. The first-order chi connectivity index (χ1) is 16.1. The summed E-state index contributed by atoms with van der Waals surface area (Å²) in [6.45, 7) is 7.27. The van der Waals surface area contributed by atoms with Gasteiger partial charge >= 0.3 is 0 Å². The SMILES string of the molecule is Cc1ccc(S(=O)(=O)N(CC(=O)NCc2ccccc2OC(C)C)c2cccc(Cl)c2C)cc1. The molecule has 0 aliphatic heterocycles. The summed E-state index contributed by atoms with van der Waals surface area (Å²) in [5, 5.41) is 3.24. The van der Waals surface area contributed by atoms with Crippen LogP contribution in [-0.4, -0.2) is 27.0 Å². The van der Waals surface area contributed by atoms with Crippen molar-refractivity contribution < 1.29 is 17.9 Å². The Hall–Kier alpha value is -3.03. The Labute approximate surface area is 206 Å². The number of sulfonamides is 1. The van der Waals surface area contributed by atoms with E-state index in [2.05, 4.69) is 5.32 Å². The summed E-state index contributed by atoms with van der Waals surface area (Å²) in [4.78, 5) is 13.1. The Bertz CT molecular complexity index is 1260. The lowest BCUT2D eigenvalue weighted by molar-refractivity contribution is -0.119. The Morgan fingerprint density at radius 2 is 1.68 bits per heavy atom. The molecule has 8 heteroatoms. The second-order valence-corrected chi connectivity index (χ2v) is 10.5. The van der Waals surface area contributed by atoms with Crippen LogP contribution < -0.4 is 14.4 Å². The van der Waals surface area contributed by atoms with Crippen molar-refractivity contribution in [2.75, 3.05) is 10.8 Å². The van der Waals surface area contributed by atoms with Gasteiger partial charge in [-0.15, -0.1) is 0 Å². The third kappa shape index (κ3) is 6.10. The number of hydrogen-bond acceptors (Lipinski definition) is 4. The van der Waals surface area contributed by atoms with Gasteiger partial charge in [-0.25, -0.2) is 8.42 Å². The quantitative estimate of drug-likeness (QED) is 0.435. The van der Waals surface area contributed by atoms with E-state index in [1.165, 1.54) is 12.1 Å². The molecule has 1 amide bonds. The van der Waals surface area contributed by atoms with Crippen molar-refractivity contribution in [3.8, 4) is 5.75 Å². The molecule has 180 valence electrons. The highest BCUT2D eigenvalue weighted by Crippen LogP contribution is 2.31. The first kappa shape index (κ1) is 25.6. The number of ether oxygens (including phenoxy) is 1. The summed E-state index contributed by atoms with van der Waals surface area (Å²) in [5.41, 5.74) is 2.66. The predicted octanol–water partition coefficient (Wildman–Crippen LogP) is 5.26. The second kappa shape index (κ2) is 10.9. The van der Waals surface area contributed by atoms with Crippen LogP contribution in [0.5, 0.6) is 5.75 Å². The fraction of sp³-hybridized carbons (Fsp3) is 0.269. The van der Waals surface area contributed by atoms with Gasteiger partial charge in [-0.05, 0) is 63.6 Å². The summed E-state index contributed by atoms with van der Waals surface area (Å²) in [6.07, 6.45) is -0.0159. The summed E-state index contributed by atoms with van der Waals surface area (Å²) in [5.74, 6) is 0.224. The minimum absolute atomic E-state index is 0.0159. The first-order valence-corrected chi connectivity index (χ1v) is 12.8. The average molecular weight is 501 g/mol. The molecule has 6 nitrogen and oxygen atoms in total. The van der Waals surface area contributed by atoms with E-state index < -0.39 is 22.5 Å². The number of hydrogen-bond donors (Lipinski definition) is 1. The van der Waals surface area contributed by atoms with E-state index in [0.717, 1.165) is 15.4 Å². The fourth-order valence-corrected chi connectivity index (χ4v) is 5.05. The molecule has 3 aromatic carbocycles. The van der Waals surface area contributed by atoms with Crippen molar-refractivity contribution >= 4 is 33.2 Å². The van der Waals surface area contributed by atoms with Gasteiger partial charge in [0.05, 0.1) is 16.7 Å². The van der Waals surface area contributed by atoms with Gasteiger partial charge in [0.15, 0.2) is 0 Å². The maximum absolute atomic E-state index is 13.6. The van der Waals surface area contributed by atoms with E-state index in [1.807, 2.05) is 45.0 Å². The van der Waals surface area contributed by atoms with Crippen LogP contribution in [-0.2, 0) is 21.4 Å². The molecule has 0 heterocycles. The zero-order chi connectivity index (χ0) is 24.9. The predicted molar refractivity (Wildman–Crippen MR) is 136 cm³/mol. The van der Waals surface area contributed by atoms with Crippen molar-refractivity contribution in [1.29, 1.82) is 0 Å². The molecule has 0 bridgehead atoms. The van der Waals surface area contributed by atoms with Gasteiger partial charge < -0.3 is 10.1 Å². The van der Waals surface area contributed by atoms with Gasteiger partial charge in [0.25, 0.3) is 10.0 Å². The van der Waals surface area contributed by atoms with Crippen LogP contribution in [0.15, 0.2) is 71.6 Å². The number of benzene rings is 3. The fourth-order valence-electron chi connectivity index (χ4n) is 3.40. The highest BCUT2D eigenvalue weighted by atomic mass is 35.5. The Balaban J connectivity index is 1.89. The number of anilines is 1. The smallest absolute Gasteiger partial charge is 0.264 e. The molecular weight excluding hydrogens is 472 g/mol. The van der Waals surface area contributed by atoms with E-state index >= 15 is 0 Å². The van der Waals surface area contributed by atoms with Crippen molar-refractivity contribution in [2.24, 2.45) is 0 Å². The normalized spacial score (nSPS) is 11.4. The van der Waals surface area contributed by atoms with Gasteiger partial charge in [-0.1, -0.05) is 53.6 Å². The number of carbonyl (C=O) groups is 1. The largest absolute Gasteiger partial charge is 0.491 e. The van der Waals surface area contributed by atoms with Crippen LogP contribution in [0.4, 0.5) is 5.69 Å². The number of carbonyl (C=O) groups excluding carboxylic acids is 1. The van der Waals surface area contributed by atoms with Gasteiger partial charge in [-0.2, -0.15) is 0 Å². The molecule has 0 saturated carbocycles. The molecule has 0 fully saturated rings. The van der Waals surface area contributed by atoms with Crippen LogP contribution in [0.25, 0.3) is 0 Å². The van der Waals surface area contributed by atoms with Crippen molar-refractivity contribution in [3.63, 3.8) is 0 Å². The lowest BCUT2D eigenvalue weighted by Gasteiger charge is -2.26. The molecule has 3 rings (SSSR count). The van der Waals surface area contributed by atoms with Gasteiger partial charge in [0.2, 0.25) is 5.91 Å². The van der Waals surface area contributed by atoms with Gasteiger partial charge in [-0.3, -0.25) is 9.10 Å². The average Bonchev–Trinajstić information content (AvgIpc) is 2.79. The Kier molecular flexibility index (Phi) is 8.23. The van der Waals surface area contributed by atoms with Crippen LogP contribution in [0, 0.1) is 13.8 Å². The summed E-state index contributed by atoms with van der Waals surface area (Å²) >= 11 is 6.28. The van der Waals surface area contributed by atoms with E-state index in [1.54, 1.807) is 37.3 Å². The number of nitrogens with one attached hydrogen (secondary N) is 1. The molecule has 0 atom stereocenters. The number of amides is 1. The molecular formula is C26H29ClN2O4S. The van der Waals surface area contributed by atoms with Gasteiger partial charge in [0.1, 0.15) is 12.3 Å². The molecule has 0 radical (unpaired) electrons. The zero-order valence-corrected chi connectivity index (χ0v) is 21.3. The highest BCUT2D eigenvalue weighted by Gasteiger charge is 2.28. The molecule has 1 N–H and O–H groups in total. The van der Waals surface area contributed by atoms with Crippen molar-refractivity contribution in [3.05, 3.63) is 88.4 Å². The molecule has 0 unspecified atom stereocenters. The topological polar surface area (TPSA) is 75.7 Å². The molecule has 0 aliphatic carbocycles. The molecule has 3 aromatic rings. The zero-order valence-electron chi connectivity index (χ0n) is 19.7. The van der Waals surface area contributed by atoms with Crippen LogP contribution in [0.2, 0.25) is 5.02 Å². The van der Waals surface area contributed by atoms with Gasteiger partial charge in [0, 0.05) is 17.1 Å². The maximum atomic E-state index is 13.6. The van der Waals surface area contributed by atoms with Crippen LogP contribution in [0.1, 0.15) is 30.5 Å². The Morgan fingerprint density at radius 3 is 2.35 bits per heavy atom. The lowest BCUT2D eigenvalue weighted by Crippen LogP contribution is -2.41. The number of rotatable bonds is 9.